The molecule has 0 spiro atoms. The molecule has 0 bridgehead atoms. The minimum absolute atomic E-state index is 0.156. The third-order valence-corrected chi connectivity index (χ3v) is 4.34. The molecule has 2 aromatic carbocycles. The molecular formula is C22H26N4O3. The number of carbonyl (C=O) groups excluding carboxylic acids is 1. The summed E-state index contributed by atoms with van der Waals surface area (Å²) in [5, 5.41) is 6.01. The van der Waals surface area contributed by atoms with Crippen LogP contribution in [0.15, 0.2) is 54.7 Å². The number of rotatable bonds is 8. The summed E-state index contributed by atoms with van der Waals surface area (Å²) in [7, 11) is 3.25. The fourth-order valence-electron chi connectivity index (χ4n) is 2.80. The van der Waals surface area contributed by atoms with Crippen molar-refractivity contribution >= 4 is 11.9 Å². The van der Waals surface area contributed by atoms with E-state index in [0.29, 0.717) is 5.95 Å². The van der Waals surface area contributed by atoms with Gasteiger partial charge in [-0.05, 0) is 36.4 Å². The summed E-state index contributed by atoms with van der Waals surface area (Å²) in [6.45, 7) is 4.20. The molecule has 1 aromatic heterocycles. The molecule has 3 rings (SSSR count). The van der Waals surface area contributed by atoms with E-state index in [4.69, 9.17) is 9.47 Å². The molecule has 0 radical (unpaired) electrons. The Labute approximate surface area is 170 Å². The van der Waals surface area contributed by atoms with Gasteiger partial charge >= 0.3 is 0 Å². The first kappa shape index (κ1) is 20.4. The lowest BCUT2D eigenvalue weighted by Crippen LogP contribution is -2.33. The Bertz CT molecular complexity index is 964. The molecule has 0 unspecified atom stereocenters. The third kappa shape index (κ3) is 5.14. The molecule has 152 valence electrons. The minimum Gasteiger partial charge on any atom is -0.497 e. The van der Waals surface area contributed by atoms with Crippen LogP contribution in [0.1, 0.15) is 13.8 Å². The summed E-state index contributed by atoms with van der Waals surface area (Å²) < 4.78 is 12.4. The highest BCUT2D eigenvalue weighted by atomic mass is 16.5. The first-order chi connectivity index (χ1) is 14.0. The van der Waals surface area contributed by atoms with Crippen molar-refractivity contribution < 1.29 is 14.3 Å². The van der Waals surface area contributed by atoms with Gasteiger partial charge < -0.3 is 14.8 Å². The van der Waals surface area contributed by atoms with Gasteiger partial charge in [0.25, 0.3) is 0 Å². The lowest BCUT2D eigenvalue weighted by atomic mass is 10.1. The third-order valence-electron chi connectivity index (χ3n) is 4.34. The number of nitrogens with one attached hydrogen (secondary N) is 2. The maximum absolute atomic E-state index is 12.4. The van der Waals surface area contributed by atoms with Crippen molar-refractivity contribution in [3.8, 4) is 28.4 Å². The molecule has 0 saturated heterocycles. The van der Waals surface area contributed by atoms with Crippen LogP contribution in [0.3, 0.4) is 0 Å². The topological polar surface area (TPSA) is 77.4 Å². The van der Waals surface area contributed by atoms with Crippen molar-refractivity contribution in [2.45, 2.75) is 19.9 Å². The highest BCUT2D eigenvalue weighted by Gasteiger charge is 2.15. The van der Waals surface area contributed by atoms with E-state index < -0.39 is 0 Å². The molecule has 7 heteroatoms. The Balaban J connectivity index is 1.96. The Kier molecular flexibility index (Phi) is 6.51. The highest BCUT2D eigenvalue weighted by molar-refractivity contribution is 5.91. The molecule has 0 aliphatic heterocycles. The minimum atomic E-state index is -0.156. The van der Waals surface area contributed by atoms with Crippen LogP contribution in [0.5, 0.6) is 11.5 Å². The number of imidazole rings is 1. The van der Waals surface area contributed by atoms with Gasteiger partial charge in [-0.25, -0.2) is 4.98 Å². The summed E-state index contributed by atoms with van der Waals surface area (Å²) in [6, 6.07) is 15.4. The zero-order valence-corrected chi connectivity index (χ0v) is 17.1. The van der Waals surface area contributed by atoms with E-state index in [1.165, 1.54) is 0 Å². The summed E-state index contributed by atoms with van der Waals surface area (Å²) in [4.78, 5) is 17.0. The van der Waals surface area contributed by atoms with Crippen LogP contribution in [0.2, 0.25) is 0 Å². The van der Waals surface area contributed by atoms with Gasteiger partial charge in [0.2, 0.25) is 11.9 Å². The molecule has 0 fully saturated rings. The van der Waals surface area contributed by atoms with E-state index in [0.717, 1.165) is 28.4 Å². The molecule has 0 saturated carbocycles. The zero-order chi connectivity index (χ0) is 20.8. The number of ether oxygens (including phenoxy) is 2. The van der Waals surface area contributed by atoms with Gasteiger partial charge in [-0.1, -0.05) is 26.0 Å². The maximum Gasteiger partial charge on any atom is 0.240 e. The van der Waals surface area contributed by atoms with E-state index in [1.54, 1.807) is 14.2 Å². The van der Waals surface area contributed by atoms with Gasteiger partial charge in [0.15, 0.2) is 0 Å². The number of methoxy groups -OCH3 is 2. The van der Waals surface area contributed by atoms with E-state index >= 15 is 0 Å². The first-order valence-electron chi connectivity index (χ1n) is 9.41. The van der Waals surface area contributed by atoms with E-state index in [9.17, 15) is 4.79 Å². The number of benzene rings is 2. The molecule has 3 aromatic rings. The number of anilines is 1. The summed E-state index contributed by atoms with van der Waals surface area (Å²) in [6.07, 6.45) is 1.89. The standard InChI is InChI=1S/C22H26N4O3/c1-15(2)23-13-21(27)25-22-24-20(16-6-5-7-19(12-16)29-4)14-26(22)17-8-10-18(28-3)11-9-17/h5-12,14-15,23H,13H2,1-4H3,(H,24,25,27). The predicted octanol–water partition coefficient (Wildman–Crippen LogP) is 3.49. The van der Waals surface area contributed by atoms with Crippen molar-refractivity contribution in [2.24, 2.45) is 0 Å². The second-order valence-electron chi connectivity index (χ2n) is 6.83. The Hall–Kier alpha value is -3.32. The summed E-state index contributed by atoms with van der Waals surface area (Å²) >= 11 is 0. The van der Waals surface area contributed by atoms with E-state index in [2.05, 4.69) is 15.6 Å². The van der Waals surface area contributed by atoms with Crippen molar-refractivity contribution in [2.75, 3.05) is 26.1 Å². The average Bonchev–Trinajstić information content (AvgIpc) is 3.16. The van der Waals surface area contributed by atoms with Gasteiger partial charge in [-0.15, -0.1) is 0 Å². The van der Waals surface area contributed by atoms with Gasteiger partial charge in [0, 0.05) is 23.5 Å². The van der Waals surface area contributed by atoms with Gasteiger partial charge in [0.05, 0.1) is 26.5 Å². The SMILES string of the molecule is COc1ccc(-n2cc(-c3cccc(OC)c3)nc2NC(=O)CNC(C)C)cc1. The molecule has 2 N–H and O–H groups in total. The van der Waals surface area contributed by atoms with Gasteiger partial charge in [-0.3, -0.25) is 14.7 Å². The normalized spacial score (nSPS) is 10.8. The molecule has 7 nitrogen and oxygen atoms in total. The van der Waals surface area contributed by atoms with Crippen LogP contribution in [-0.2, 0) is 4.79 Å². The van der Waals surface area contributed by atoms with Crippen LogP contribution in [0, 0.1) is 0 Å². The van der Waals surface area contributed by atoms with E-state index in [1.807, 2.05) is 73.1 Å². The number of carbonyl (C=O) groups is 1. The maximum atomic E-state index is 12.4. The van der Waals surface area contributed by atoms with Crippen molar-refractivity contribution in [1.29, 1.82) is 0 Å². The summed E-state index contributed by atoms with van der Waals surface area (Å²) in [5.74, 6) is 1.79. The quantitative estimate of drug-likeness (QED) is 0.612. The highest BCUT2D eigenvalue weighted by Crippen LogP contribution is 2.27. The number of hydrogen-bond acceptors (Lipinski definition) is 5. The number of nitrogens with zero attached hydrogens (tertiary/aromatic N) is 2. The van der Waals surface area contributed by atoms with Crippen molar-refractivity contribution in [3.05, 3.63) is 54.7 Å². The molecule has 29 heavy (non-hydrogen) atoms. The first-order valence-corrected chi connectivity index (χ1v) is 9.41. The smallest absolute Gasteiger partial charge is 0.240 e. The Morgan fingerprint density at radius 1 is 1.07 bits per heavy atom. The van der Waals surface area contributed by atoms with Crippen LogP contribution < -0.4 is 20.1 Å². The number of aromatic nitrogens is 2. The molecular weight excluding hydrogens is 368 g/mol. The summed E-state index contributed by atoms with van der Waals surface area (Å²) in [5.41, 5.74) is 2.49. The second-order valence-corrected chi connectivity index (χ2v) is 6.83. The monoisotopic (exact) mass is 394 g/mol. The molecule has 1 heterocycles. The van der Waals surface area contributed by atoms with Crippen molar-refractivity contribution in [1.82, 2.24) is 14.9 Å². The Morgan fingerprint density at radius 2 is 1.79 bits per heavy atom. The van der Waals surface area contributed by atoms with Gasteiger partial charge in [-0.2, -0.15) is 0 Å². The number of amides is 1. The fourth-order valence-corrected chi connectivity index (χ4v) is 2.80. The second kappa shape index (κ2) is 9.25. The van der Waals surface area contributed by atoms with Crippen LogP contribution in [0.4, 0.5) is 5.95 Å². The fraction of sp³-hybridized carbons (Fsp3) is 0.273. The van der Waals surface area contributed by atoms with Crippen LogP contribution in [0.25, 0.3) is 16.9 Å². The lowest BCUT2D eigenvalue weighted by molar-refractivity contribution is -0.115. The molecule has 1 amide bonds. The molecule has 0 aliphatic rings. The lowest BCUT2D eigenvalue weighted by Gasteiger charge is -2.11. The van der Waals surface area contributed by atoms with Crippen LogP contribution >= 0.6 is 0 Å². The predicted molar refractivity (Wildman–Crippen MR) is 114 cm³/mol. The molecule has 0 atom stereocenters. The zero-order valence-electron chi connectivity index (χ0n) is 17.1. The largest absolute Gasteiger partial charge is 0.497 e. The number of hydrogen-bond donors (Lipinski definition) is 2. The van der Waals surface area contributed by atoms with Crippen molar-refractivity contribution in [3.63, 3.8) is 0 Å². The van der Waals surface area contributed by atoms with Gasteiger partial charge in [0.1, 0.15) is 11.5 Å². The average molecular weight is 394 g/mol. The van der Waals surface area contributed by atoms with Crippen LogP contribution in [-0.4, -0.2) is 42.3 Å². The molecule has 0 aliphatic carbocycles. The Morgan fingerprint density at radius 3 is 2.45 bits per heavy atom. The van der Waals surface area contributed by atoms with E-state index in [-0.39, 0.29) is 18.5 Å².